The zero-order chi connectivity index (χ0) is 25.5. The summed E-state index contributed by atoms with van der Waals surface area (Å²) in [6, 6.07) is 29.1. The van der Waals surface area contributed by atoms with Crippen molar-refractivity contribution in [1.82, 2.24) is 0 Å². The first-order valence-corrected chi connectivity index (χ1v) is 12.8. The molecule has 0 unspecified atom stereocenters. The number of benzene rings is 4. The topological polar surface area (TPSA) is 50.8 Å². The normalized spacial score (nSPS) is 11.7. The molecular formula is C30H32N2O3S. The van der Waals surface area contributed by atoms with Gasteiger partial charge in [0, 0.05) is 33.9 Å². The fourth-order valence-corrected chi connectivity index (χ4v) is 4.98. The van der Waals surface area contributed by atoms with E-state index in [2.05, 4.69) is 84.1 Å². The van der Waals surface area contributed by atoms with Crippen molar-refractivity contribution >= 4 is 40.1 Å². The van der Waals surface area contributed by atoms with E-state index in [1.807, 2.05) is 24.3 Å². The first kappa shape index (κ1) is 25.5. The smallest absolute Gasteiger partial charge is 0.307 e. The minimum absolute atomic E-state index is 0.0474. The Morgan fingerprint density at radius 1 is 0.944 bits per heavy atom. The van der Waals surface area contributed by atoms with E-state index in [1.54, 1.807) is 19.1 Å². The van der Waals surface area contributed by atoms with Crippen LogP contribution < -0.4 is 14.4 Å². The SMILES string of the molecule is COC(=O)C[C@H](C)N(Cc1cccc(C)c1)c1ccc(NSc2ccc(OC)cc2)c2ccccc12. The molecule has 0 aliphatic heterocycles. The number of carbonyl (C=O) groups is 1. The van der Waals surface area contributed by atoms with Crippen LogP contribution in [0.5, 0.6) is 5.75 Å². The molecular weight excluding hydrogens is 468 g/mol. The molecule has 1 N–H and O–H groups in total. The van der Waals surface area contributed by atoms with E-state index < -0.39 is 0 Å². The van der Waals surface area contributed by atoms with E-state index in [9.17, 15) is 4.79 Å². The van der Waals surface area contributed by atoms with Gasteiger partial charge in [-0.2, -0.15) is 0 Å². The number of fused-ring (bicyclic) bond motifs is 1. The first-order chi connectivity index (χ1) is 17.5. The van der Waals surface area contributed by atoms with Crippen LogP contribution in [0.1, 0.15) is 24.5 Å². The van der Waals surface area contributed by atoms with E-state index >= 15 is 0 Å². The van der Waals surface area contributed by atoms with Crippen LogP contribution in [0.25, 0.3) is 10.8 Å². The van der Waals surface area contributed by atoms with Crippen LogP contribution in [0.4, 0.5) is 11.4 Å². The van der Waals surface area contributed by atoms with Gasteiger partial charge in [0.15, 0.2) is 0 Å². The van der Waals surface area contributed by atoms with Crippen molar-refractivity contribution in [3.63, 3.8) is 0 Å². The van der Waals surface area contributed by atoms with E-state index in [0.29, 0.717) is 13.0 Å². The lowest BCUT2D eigenvalue weighted by Crippen LogP contribution is -2.34. The molecule has 36 heavy (non-hydrogen) atoms. The number of esters is 1. The summed E-state index contributed by atoms with van der Waals surface area (Å²) in [6.45, 7) is 4.87. The maximum absolute atomic E-state index is 12.2. The largest absolute Gasteiger partial charge is 0.497 e. The van der Waals surface area contributed by atoms with Crippen LogP contribution in [0, 0.1) is 6.92 Å². The Morgan fingerprint density at radius 2 is 1.69 bits per heavy atom. The van der Waals surface area contributed by atoms with Gasteiger partial charge in [-0.25, -0.2) is 0 Å². The minimum Gasteiger partial charge on any atom is -0.497 e. The number of aryl methyl sites for hydroxylation is 1. The highest BCUT2D eigenvalue weighted by atomic mass is 32.2. The van der Waals surface area contributed by atoms with Crippen molar-refractivity contribution in [3.05, 3.63) is 96.1 Å². The van der Waals surface area contributed by atoms with Crippen molar-refractivity contribution in [2.75, 3.05) is 23.8 Å². The van der Waals surface area contributed by atoms with Crippen LogP contribution in [0.2, 0.25) is 0 Å². The zero-order valence-corrected chi connectivity index (χ0v) is 22.0. The Balaban J connectivity index is 1.68. The molecule has 5 nitrogen and oxygen atoms in total. The number of anilines is 2. The summed E-state index contributed by atoms with van der Waals surface area (Å²) in [4.78, 5) is 15.6. The molecule has 4 aromatic rings. The first-order valence-electron chi connectivity index (χ1n) is 12.0. The second-order valence-electron chi connectivity index (χ2n) is 8.80. The quantitative estimate of drug-likeness (QED) is 0.183. The molecule has 0 saturated carbocycles. The molecule has 0 bridgehead atoms. The van der Waals surface area contributed by atoms with Crippen molar-refractivity contribution in [2.24, 2.45) is 0 Å². The highest BCUT2D eigenvalue weighted by Gasteiger charge is 2.21. The van der Waals surface area contributed by atoms with Gasteiger partial charge in [0.05, 0.1) is 26.3 Å². The molecule has 0 fully saturated rings. The van der Waals surface area contributed by atoms with E-state index in [1.165, 1.54) is 18.2 Å². The van der Waals surface area contributed by atoms with Crippen molar-refractivity contribution in [1.29, 1.82) is 0 Å². The number of nitrogens with one attached hydrogen (secondary N) is 1. The van der Waals surface area contributed by atoms with Crippen LogP contribution in [0.15, 0.2) is 89.8 Å². The number of rotatable bonds is 10. The van der Waals surface area contributed by atoms with Crippen LogP contribution in [-0.2, 0) is 16.1 Å². The van der Waals surface area contributed by atoms with Gasteiger partial charge in [-0.05, 0) is 67.8 Å². The van der Waals surface area contributed by atoms with Gasteiger partial charge < -0.3 is 19.1 Å². The van der Waals surface area contributed by atoms with Gasteiger partial charge in [0.1, 0.15) is 5.75 Å². The second kappa shape index (κ2) is 11.9. The van der Waals surface area contributed by atoms with Crippen LogP contribution in [-0.4, -0.2) is 26.2 Å². The van der Waals surface area contributed by atoms with Crippen molar-refractivity contribution in [3.8, 4) is 5.75 Å². The number of hydrogen-bond acceptors (Lipinski definition) is 6. The molecule has 1 atom stereocenters. The molecule has 0 radical (unpaired) electrons. The maximum atomic E-state index is 12.2. The summed E-state index contributed by atoms with van der Waals surface area (Å²) in [6.07, 6.45) is 0.309. The lowest BCUT2D eigenvalue weighted by molar-refractivity contribution is -0.140. The van der Waals surface area contributed by atoms with Crippen LogP contribution in [0.3, 0.4) is 0 Å². The molecule has 0 aromatic heterocycles. The second-order valence-corrected chi connectivity index (χ2v) is 9.68. The molecule has 0 spiro atoms. The summed E-state index contributed by atoms with van der Waals surface area (Å²) in [5.41, 5.74) is 4.54. The molecule has 0 aliphatic rings. The number of hydrogen-bond donors (Lipinski definition) is 1. The van der Waals surface area contributed by atoms with Crippen LogP contribution >= 0.6 is 11.9 Å². The molecule has 6 heteroatoms. The molecule has 0 saturated heterocycles. The van der Waals surface area contributed by atoms with Crippen molar-refractivity contribution in [2.45, 2.75) is 37.8 Å². The fourth-order valence-electron chi connectivity index (χ4n) is 4.30. The van der Waals surface area contributed by atoms with Gasteiger partial charge >= 0.3 is 5.97 Å². The standard InChI is InChI=1S/C30H32N2O3S/c1-21-8-7-9-23(18-21)20-32(22(2)19-30(33)35-4)29-17-16-28(26-10-5-6-11-27(26)29)31-36-25-14-12-24(34-3)13-15-25/h5-18,22,31H,19-20H2,1-4H3/t22-/m0/s1. The molecule has 0 aliphatic carbocycles. The average Bonchev–Trinajstić information content (AvgIpc) is 2.90. The van der Waals surface area contributed by atoms with E-state index in [0.717, 1.165) is 32.8 Å². The number of methoxy groups -OCH3 is 2. The highest BCUT2D eigenvalue weighted by molar-refractivity contribution is 8.00. The van der Waals surface area contributed by atoms with Gasteiger partial charge in [-0.15, -0.1) is 0 Å². The predicted molar refractivity (Wildman–Crippen MR) is 150 cm³/mol. The summed E-state index contributed by atoms with van der Waals surface area (Å²) in [7, 11) is 3.11. The summed E-state index contributed by atoms with van der Waals surface area (Å²) < 4.78 is 13.8. The van der Waals surface area contributed by atoms with Gasteiger partial charge in [0.25, 0.3) is 0 Å². The Kier molecular flexibility index (Phi) is 8.39. The Morgan fingerprint density at radius 3 is 2.39 bits per heavy atom. The predicted octanol–water partition coefficient (Wildman–Crippen LogP) is 7.23. The molecule has 186 valence electrons. The number of carbonyl (C=O) groups excluding carboxylic acids is 1. The van der Waals surface area contributed by atoms with E-state index in [4.69, 9.17) is 9.47 Å². The van der Waals surface area contributed by atoms with E-state index in [-0.39, 0.29) is 12.0 Å². The Hall–Kier alpha value is -3.64. The monoisotopic (exact) mass is 500 g/mol. The molecule has 0 amide bonds. The lowest BCUT2D eigenvalue weighted by atomic mass is 10.0. The van der Waals surface area contributed by atoms with Gasteiger partial charge in [-0.3, -0.25) is 4.79 Å². The lowest BCUT2D eigenvalue weighted by Gasteiger charge is -2.32. The van der Waals surface area contributed by atoms with Crippen molar-refractivity contribution < 1.29 is 14.3 Å². The third-order valence-electron chi connectivity index (χ3n) is 6.21. The highest BCUT2D eigenvalue weighted by Crippen LogP contribution is 2.36. The minimum atomic E-state index is -0.213. The fraction of sp³-hybridized carbons (Fsp3) is 0.233. The zero-order valence-electron chi connectivity index (χ0n) is 21.2. The average molecular weight is 501 g/mol. The van der Waals surface area contributed by atoms with Gasteiger partial charge in [-0.1, -0.05) is 54.1 Å². The molecule has 4 rings (SSSR count). The third kappa shape index (κ3) is 6.13. The Bertz CT molecular complexity index is 1320. The number of ether oxygens (including phenoxy) is 2. The van der Waals surface area contributed by atoms with Gasteiger partial charge in [0.2, 0.25) is 0 Å². The Labute approximate surface area is 217 Å². The third-order valence-corrected chi connectivity index (χ3v) is 7.04. The summed E-state index contributed by atoms with van der Waals surface area (Å²) in [5.74, 6) is 0.624. The molecule has 4 aromatic carbocycles. The maximum Gasteiger partial charge on any atom is 0.307 e. The number of nitrogens with zero attached hydrogens (tertiary/aromatic N) is 1. The molecule has 0 heterocycles. The summed E-state index contributed by atoms with van der Waals surface area (Å²) in [5, 5.41) is 2.25. The summed E-state index contributed by atoms with van der Waals surface area (Å²) >= 11 is 1.56.